The molecule has 0 radical (unpaired) electrons. The molecule has 1 aliphatic rings. The van der Waals surface area contributed by atoms with Crippen molar-refractivity contribution in [3.8, 4) is 11.4 Å². The molecule has 1 aromatic carbocycles. The molecule has 0 saturated carbocycles. The zero-order valence-electron chi connectivity index (χ0n) is 22.1. The number of aromatic nitrogens is 3. The number of rotatable bonds is 8. The summed E-state index contributed by atoms with van der Waals surface area (Å²) in [6, 6.07) is 8.22. The molecule has 1 amide bonds. The molecule has 0 aliphatic carbocycles. The minimum atomic E-state index is -1.22. The molecular formula is C25H32N4O8S. The average Bonchev–Trinajstić information content (AvgIpc) is 3.17. The Kier molecular flexibility index (Phi) is 9.39. The van der Waals surface area contributed by atoms with E-state index in [1.165, 1.54) is 32.4 Å². The second-order valence-corrected chi connectivity index (χ2v) is 9.49. The number of carbonyl (C=O) groups is 4. The van der Waals surface area contributed by atoms with Crippen molar-refractivity contribution in [2.45, 2.75) is 78.2 Å². The first kappa shape index (κ1) is 29.0. The number of benzene rings is 1. The summed E-state index contributed by atoms with van der Waals surface area (Å²) >= 11 is 5.80. The first-order chi connectivity index (χ1) is 17.9. The van der Waals surface area contributed by atoms with E-state index in [1.54, 1.807) is 0 Å². The van der Waals surface area contributed by atoms with E-state index < -0.39 is 54.4 Å². The lowest BCUT2D eigenvalue weighted by molar-refractivity contribution is -0.239. The first-order valence-corrected chi connectivity index (χ1v) is 12.5. The maximum atomic E-state index is 12.3. The monoisotopic (exact) mass is 548 g/mol. The third kappa shape index (κ3) is 6.64. The quantitative estimate of drug-likeness (QED) is 0.297. The van der Waals surface area contributed by atoms with Gasteiger partial charge in [-0.15, -0.1) is 5.10 Å². The molecule has 1 N–H and O–H groups in total. The van der Waals surface area contributed by atoms with Crippen molar-refractivity contribution in [3.63, 3.8) is 0 Å². The molecule has 0 spiro atoms. The highest BCUT2D eigenvalue weighted by Gasteiger charge is 2.52. The van der Waals surface area contributed by atoms with Gasteiger partial charge in [-0.3, -0.25) is 23.7 Å². The van der Waals surface area contributed by atoms with Gasteiger partial charge in [0.15, 0.2) is 24.3 Å². The molecule has 38 heavy (non-hydrogen) atoms. The van der Waals surface area contributed by atoms with Crippen LogP contribution in [0.2, 0.25) is 0 Å². The zero-order chi connectivity index (χ0) is 28.1. The molecular weight excluding hydrogens is 516 g/mol. The molecule has 2 heterocycles. The minimum absolute atomic E-state index is 0.0934. The number of hydrogen-bond donors (Lipinski definition) is 1. The van der Waals surface area contributed by atoms with Gasteiger partial charge in [-0.2, -0.15) is 0 Å². The second kappa shape index (κ2) is 12.3. The molecule has 2 aromatic rings. The zero-order valence-corrected chi connectivity index (χ0v) is 22.9. The van der Waals surface area contributed by atoms with Gasteiger partial charge < -0.3 is 24.3 Å². The Balaban J connectivity index is 2.21. The van der Waals surface area contributed by atoms with Crippen LogP contribution in [-0.2, 0) is 38.1 Å². The van der Waals surface area contributed by atoms with Crippen LogP contribution in [0, 0.1) is 4.77 Å². The van der Waals surface area contributed by atoms with E-state index in [9.17, 15) is 19.2 Å². The summed E-state index contributed by atoms with van der Waals surface area (Å²) < 4.78 is 26.0. The number of ether oxygens (including phenoxy) is 4. The van der Waals surface area contributed by atoms with Crippen molar-refractivity contribution in [2.24, 2.45) is 0 Å². The van der Waals surface area contributed by atoms with Crippen LogP contribution in [0.25, 0.3) is 11.4 Å². The number of carbonyl (C=O) groups excluding carboxylic acids is 4. The molecule has 1 aliphatic heterocycles. The molecule has 1 saturated heterocycles. The number of nitrogens with zero attached hydrogens (tertiary/aromatic N) is 3. The highest BCUT2D eigenvalue weighted by molar-refractivity contribution is 7.71. The van der Waals surface area contributed by atoms with Crippen molar-refractivity contribution < 1.29 is 38.1 Å². The van der Waals surface area contributed by atoms with E-state index in [2.05, 4.69) is 5.32 Å². The topological polar surface area (TPSA) is 140 Å². The molecule has 3 rings (SSSR count). The van der Waals surface area contributed by atoms with E-state index in [4.69, 9.17) is 36.3 Å². The van der Waals surface area contributed by atoms with Crippen molar-refractivity contribution >= 4 is 36.0 Å². The SMILES string of the molecule is CC(=O)N[C@@H]1[C@@H](OC(C)=O)[C@H](OC(C)=O)[C@@H](COC(C)=O)O[C@H]1n1nc(-c2ccccc2)n(C(C)C)c1=S. The number of esters is 3. The summed E-state index contributed by atoms with van der Waals surface area (Å²) in [7, 11) is 0. The Morgan fingerprint density at radius 1 is 1.00 bits per heavy atom. The summed E-state index contributed by atoms with van der Waals surface area (Å²) in [6.07, 6.45) is -4.62. The second-order valence-electron chi connectivity index (χ2n) is 9.12. The maximum absolute atomic E-state index is 12.3. The lowest BCUT2D eigenvalue weighted by Crippen LogP contribution is -2.64. The minimum Gasteiger partial charge on any atom is -0.463 e. The normalized spacial score (nSPS) is 23.0. The van der Waals surface area contributed by atoms with Crippen LogP contribution in [-0.4, -0.2) is 69.1 Å². The van der Waals surface area contributed by atoms with E-state index in [0.29, 0.717) is 5.82 Å². The van der Waals surface area contributed by atoms with Crippen LogP contribution in [0.3, 0.4) is 0 Å². The molecule has 13 heteroatoms. The summed E-state index contributed by atoms with van der Waals surface area (Å²) in [5.41, 5.74) is 0.795. The van der Waals surface area contributed by atoms with Gasteiger partial charge in [-0.25, -0.2) is 4.68 Å². The number of hydrogen-bond acceptors (Lipinski definition) is 10. The van der Waals surface area contributed by atoms with E-state index in [-0.39, 0.29) is 17.4 Å². The highest BCUT2D eigenvalue weighted by Crippen LogP contribution is 2.34. The third-order valence-electron chi connectivity index (χ3n) is 5.71. The average molecular weight is 549 g/mol. The van der Waals surface area contributed by atoms with Crippen LogP contribution < -0.4 is 5.32 Å². The van der Waals surface area contributed by atoms with Gasteiger partial charge in [0.05, 0.1) is 0 Å². The van der Waals surface area contributed by atoms with Crippen LogP contribution in [0.4, 0.5) is 0 Å². The molecule has 206 valence electrons. The lowest BCUT2D eigenvalue weighted by atomic mass is 9.95. The molecule has 12 nitrogen and oxygen atoms in total. The summed E-state index contributed by atoms with van der Waals surface area (Å²) in [5, 5.41) is 7.50. The van der Waals surface area contributed by atoms with Crippen LogP contribution in [0.15, 0.2) is 30.3 Å². The summed E-state index contributed by atoms with van der Waals surface area (Å²) in [6.45, 7) is 8.45. The van der Waals surface area contributed by atoms with Gasteiger partial charge in [-0.05, 0) is 26.1 Å². The van der Waals surface area contributed by atoms with Crippen LogP contribution >= 0.6 is 12.2 Å². The van der Waals surface area contributed by atoms with Crippen LogP contribution in [0.5, 0.6) is 0 Å². The maximum Gasteiger partial charge on any atom is 0.303 e. The molecule has 0 bridgehead atoms. The molecule has 1 fully saturated rings. The summed E-state index contributed by atoms with van der Waals surface area (Å²) in [5.74, 6) is -1.87. The van der Waals surface area contributed by atoms with Crippen molar-refractivity contribution in [3.05, 3.63) is 35.1 Å². The Bertz CT molecular complexity index is 1240. The Hall–Kier alpha value is -3.58. The largest absolute Gasteiger partial charge is 0.463 e. The summed E-state index contributed by atoms with van der Waals surface area (Å²) in [4.78, 5) is 48.0. The predicted octanol–water partition coefficient (Wildman–Crippen LogP) is 2.49. The van der Waals surface area contributed by atoms with Gasteiger partial charge in [0.25, 0.3) is 0 Å². The Morgan fingerprint density at radius 2 is 1.61 bits per heavy atom. The number of nitrogens with one attached hydrogen (secondary N) is 1. The molecule has 1 aromatic heterocycles. The van der Waals surface area contributed by atoms with E-state index in [0.717, 1.165) is 5.56 Å². The Labute approximate surface area is 225 Å². The Morgan fingerprint density at radius 3 is 2.13 bits per heavy atom. The first-order valence-electron chi connectivity index (χ1n) is 12.1. The van der Waals surface area contributed by atoms with Crippen LogP contribution in [0.1, 0.15) is 53.8 Å². The smallest absolute Gasteiger partial charge is 0.303 e. The van der Waals surface area contributed by atoms with Crippen molar-refractivity contribution in [2.75, 3.05) is 6.61 Å². The van der Waals surface area contributed by atoms with Gasteiger partial charge >= 0.3 is 17.9 Å². The molecule has 5 atom stereocenters. The standard InChI is InChI=1S/C25H32N4O8S/c1-13(2)28-23(18-10-8-7-9-11-18)27-29(25(28)38)24-20(26-14(3)30)22(36-17(6)33)21(35-16(5)32)19(37-24)12-34-15(4)31/h7-11,13,19-22,24H,12H2,1-6H3,(H,26,30)/t19-,20-,21-,22-,24-/m1/s1. The fourth-order valence-corrected chi connectivity index (χ4v) is 4.77. The van der Waals surface area contributed by atoms with Gasteiger partial charge in [0.2, 0.25) is 10.7 Å². The predicted molar refractivity (Wildman–Crippen MR) is 136 cm³/mol. The van der Waals surface area contributed by atoms with E-state index in [1.807, 2.05) is 48.7 Å². The van der Waals surface area contributed by atoms with Gasteiger partial charge in [-0.1, -0.05) is 30.3 Å². The van der Waals surface area contributed by atoms with Gasteiger partial charge in [0, 0.05) is 39.3 Å². The van der Waals surface area contributed by atoms with Gasteiger partial charge in [0.1, 0.15) is 18.8 Å². The molecule has 0 unspecified atom stereocenters. The van der Waals surface area contributed by atoms with E-state index >= 15 is 0 Å². The third-order valence-corrected chi connectivity index (χ3v) is 6.10. The fraction of sp³-hybridized carbons (Fsp3) is 0.520. The van der Waals surface area contributed by atoms with Crippen molar-refractivity contribution in [1.82, 2.24) is 19.7 Å². The fourth-order valence-electron chi connectivity index (χ4n) is 4.33. The number of amides is 1. The lowest BCUT2D eigenvalue weighted by Gasteiger charge is -2.45. The van der Waals surface area contributed by atoms with Crippen molar-refractivity contribution in [1.29, 1.82) is 0 Å². The highest BCUT2D eigenvalue weighted by atomic mass is 32.1.